The Balaban J connectivity index is 2.46. The molecule has 1 aromatic carbocycles. The molecule has 0 N–H and O–H groups in total. The first-order valence-electron chi connectivity index (χ1n) is 6.32. The van der Waals surface area contributed by atoms with Crippen LogP contribution in [0.15, 0.2) is 23.1 Å². The molecule has 1 atom stereocenters. The lowest BCUT2D eigenvalue weighted by atomic mass is 10.1. The van der Waals surface area contributed by atoms with Gasteiger partial charge in [0.05, 0.1) is 7.11 Å². The molecule has 19 heavy (non-hydrogen) atoms. The largest absolute Gasteiger partial charge is 0.495 e. The molecule has 1 fully saturated rings. The van der Waals surface area contributed by atoms with Gasteiger partial charge in [-0.3, -0.25) is 0 Å². The Morgan fingerprint density at radius 1 is 1.37 bits per heavy atom. The highest BCUT2D eigenvalue weighted by Crippen LogP contribution is 2.32. The molecule has 4 nitrogen and oxygen atoms in total. The number of methoxy groups -OCH3 is 1. The monoisotopic (exact) mass is 303 g/mol. The van der Waals surface area contributed by atoms with Crippen LogP contribution in [0.5, 0.6) is 5.75 Å². The van der Waals surface area contributed by atoms with E-state index >= 15 is 0 Å². The number of nitrogens with zero attached hydrogens (tertiary/aromatic N) is 1. The summed E-state index contributed by atoms with van der Waals surface area (Å²) in [5.41, 5.74) is 0. The number of piperidine rings is 1. The third-order valence-electron chi connectivity index (χ3n) is 3.45. The predicted octanol–water partition coefficient (Wildman–Crippen LogP) is 2.91. The van der Waals surface area contributed by atoms with E-state index in [1.54, 1.807) is 16.4 Å². The van der Waals surface area contributed by atoms with Crippen molar-refractivity contribution < 1.29 is 13.2 Å². The summed E-state index contributed by atoms with van der Waals surface area (Å²) in [5, 5.41) is 0.393. The standard InChI is InChI=1S/C13H18ClNO3S/c1-10-5-3-4-8-15(10)19(16,17)13-9-11(14)6-7-12(13)18-2/h6-7,9-10H,3-5,8H2,1-2H3/t10-/m0/s1. The van der Waals surface area contributed by atoms with Crippen LogP contribution in [0.1, 0.15) is 26.2 Å². The number of rotatable bonds is 3. The molecular formula is C13H18ClNO3S. The third-order valence-corrected chi connectivity index (χ3v) is 5.72. The summed E-state index contributed by atoms with van der Waals surface area (Å²) >= 11 is 5.92. The molecule has 0 aromatic heterocycles. The van der Waals surface area contributed by atoms with E-state index in [0.717, 1.165) is 19.3 Å². The van der Waals surface area contributed by atoms with Crippen molar-refractivity contribution in [2.24, 2.45) is 0 Å². The molecule has 0 unspecified atom stereocenters. The Labute approximate surface area is 119 Å². The molecule has 2 rings (SSSR count). The molecule has 0 aliphatic carbocycles. The van der Waals surface area contributed by atoms with Crippen molar-refractivity contribution in [1.82, 2.24) is 4.31 Å². The van der Waals surface area contributed by atoms with Crippen LogP contribution < -0.4 is 4.74 Å². The first-order valence-corrected chi connectivity index (χ1v) is 8.14. The van der Waals surface area contributed by atoms with Gasteiger partial charge in [0.15, 0.2) is 0 Å². The van der Waals surface area contributed by atoms with Gasteiger partial charge in [-0.05, 0) is 38.0 Å². The summed E-state index contributed by atoms with van der Waals surface area (Å²) < 4.78 is 32.1. The highest BCUT2D eigenvalue weighted by Gasteiger charge is 2.33. The van der Waals surface area contributed by atoms with Gasteiger partial charge in [0.2, 0.25) is 10.0 Å². The van der Waals surface area contributed by atoms with Gasteiger partial charge >= 0.3 is 0 Å². The first-order chi connectivity index (χ1) is 8.96. The molecule has 1 aliphatic heterocycles. The van der Waals surface area contributed by atoms with Crippen molar-refractivity contribution in [2.45, 2.75) is 37.1 Å². The predicted molar refractivity (Wildman–Crippen MR) is 75.2 cm³/mol. The van der Waals surface area contributed by atoms with Crippen molar-refractivity contribution in [1.29, 1.82) is 0 Å². The molecule has 1 aliphatic rings. The topological polar surface area (TPSA) is 46.6 Å². The van der Waals surface area contributed by atoms with E-state index in [1.165, 1.54) is 13.2 Å². The maximum atomic E-state index is 12.7. The number of sulfonamides is 1. The average Bonchev–Trinajstić information content (AvgIpc) is 2.39. The quantitative estimate of drug-likeness (QED) is 0.862. The molecule has 1 heterocycles. The van der Waals surface area contributed by atoms with Crippen molar-refractivity contribution in [2.75, 3.05) is 13.7 Å². The Kier molecular flexibility index (Phi) is 4.38. The van der Waals surface area contributed by atoms with Crippen LogP contribution in [0.4, 0.5) is 0 Å². The zero-order chi connectivity index (χ0) is 14.0. The summed E-state index contributed by atoms with van der Waals surface area (Å²) in [4.78, 5) is 0.149. The maximum absolute atomic E-state index is 12.7. The number of benzene rings is 1. The van der Waals surface area contributed by atoms with E-state index in [-0.39, 0.29) is 10.9 Å². The van der Waals surface area contributed by atoms with Crippen LogP contribution >= 0.6 is 11.6 Å². The van der Waals surface area contributed by atoms with Gasteiger partial charge in [0.1, 0.15) is 10.6 Å². The van der Waals surface area contributed by atoms with Crippen LogP contribution in [-0.4, -0.2) is 32.4 Å². The van der Waals surface area contributed by atoms with E-state index < -0.39 is 10.0 Å². The van der Waals surface area contributed by atoms with E-state index in [4.69, 9.17) is 16.3 Å². The summed E-state index contributed by atoms with van der Waals surface area (Å²) in [7, 11) is -2.09. The first kappa shape index (κ1) is 14.6. The highest BCUT2D eigenvalue weighted by molar-refractivity contribution is 7.89. The second-order valence-electron chi connectivity index (χ2n) is 4.76. The van der Waals surface area contributed by atoms with Crippen molar-refractivity contribution in [3.05, 3.63) is 23.2 Å². The normalized spacial score (nSPS) is 21.3. The van der Waals surface area contributed by atoms with Gasteiger partial charge in [-0.1, -0.05) is 18.0 Å². The van der Waals surface area contributed by atoms with E-state index in [2.05, 4.69) is 0 Å². The van der Waals surface area contributed by atoms with Gasteiger partial charge in [-0.15, -0.1) is 0 Å². The summed E-state index contributed by atoms with van der Waals surface area (Å²) in [6.07, 6.45) is 2.86. The summed E-state index contributed by atoms with van der Waals surface area (Å²) in [6.45, 7) is 2.49. The molecule has 106 valence electrons. The minimum absolute atomic E-state index is 0.0161. The Hall–Kier alpha value is -0.780. The van der Waals surface area contributed by atoms with Crippen molar-refractivity contribution >= 4 is 21.6 Å². The van der Waals surface area contributed by atoms with Crippen LogP contribution in [-0.2, 0) is 10.0 Å². The number of ether oxygens (including phenoxy) is 1. The zero-order valence-electron chi connectivity index (χ0n) is 11.1. The minimum Gasteiger partial charge on any atom is -0.495 e. The fourth-order valence-corrected chi connectivity index (χ4v) is 4.53. The minimum atomic E-state index is -3.55. The molecule has 6 heteroatoms. The Morgan fingerprint density at radius 2 is 2.11 bits per heavy atom. The second kappa shape index (κ2) is 5.69. The molecule has 0 amide bonds. The Morgan fingerprint density at radius 3 is 2.74 bits per heavy atom. The average molecular weight is 304 g/mol. The summed E-state index contributed by atoms with van der Waals surface area (Å²) in [6, 6.07) is 4.68. The van der Waals surface area contributed by atoms with Crippen LogP contribution in [0.25, 0.3) is 0 Å². The maximum Gasteiger partial charge on any atom is 0.247 e. The number of halogens is 1. The SMILES string of the molecule is COc1ccc(Cl)cc1S(=O)(=O)N1CCCC[C@@H]1C. The van der Waals surface area contributed by atoms with E-state index in [1.807, 2.05) is 6.92 Å². The summed E-state index contributed by atoms with van der Waals surface area (Å²) in [5.74, 6) is 0.335. The van der Waals surface area contributed by atoms with Gasteiger partial charge in [-0.2, -0.15) is 4.31 Å². The smallest absolute Gasteiger partial charge is 0.247 e. The lowest BCUT2D eigenvalue weighted by Crippen LogP contribution is -2.42. The van der Waals surface area contributed by atoms with Crippen molar-refractivity contribution in [3.63, 3.8) is 0 Å². The van der Waals surface area contributed by atoms with E-state index in [9.17, 15) is 8.42 Å². The van der Waals surface area contributed by atoms with E-state index in [0.29, 0.717) is 17.3 Å². The number of hydrogen-bond acceptors (Lipinski definition) is 3. The van der Waals surface area contributed by atoms with Gasteiger partial charge in [0, 0.05) is 17.6 Å². The Bertz CT molecular complexity index is 559. The highest BCUT2D eigenvalue weighted by atomic mass is 35.5. The van der Waals surface area contributed by atoms with Gasteiger partial charge < -0.3 is 4.74 Å². The molecule has 0 saturated carbocycles. The number of hydrogen-bond donors (Lipinski definition) is 0. The lowest BCUT2D eigenvalue weighted by molar-refractivity contribution is 0.267. The van der Waals surface area contributed by atoms with Crippen molar-refractivity contribution in [3.8, 4) is 5.75 Å². The third kappa shape index (κ3) is 2.88. The van der Waals surface area contributed by atoms with Gasteiger partial charge in [-0.25, -0.2) is 8.42 Å². The molecule has 1 saturated heterocycles. The van der Waals surface area contributed by atoms with Crippen LogP contribution in [0, 0.1) is 0 Å². The molecule has 0 bridgehead atoms. The second-order valence-corrected chi connectivity index (χ2v) is 7.05. The van der Waals surface area contributed by atoms with Gasteiger partial charge in [0.25, 0.3) is 0 Å². The molecular weight excluding hydrogens is 286 g/mol. The molecule has 0 radical (unpaired) electrons. The molecule has 1 aromatic rings. The lowest BCUT2D eigenvalue weighted by Gasteiger charge is -2.32. The fourth-order valence-electron chi connectivity index (χ4n) is 2.41. The zero-order valence-corrected chi connectivity index (χ0v) is 12.7. The van der Waals surface area contributed by atoms with Crippen LogP contribution in [0.3, 0.4) is 0 Å². The molecule has 0 spiro atoms. The fraction of sp³-hybridized carbons (Fsp3) is 0.538. The van der Waals surface area contributed by atoms with Crippen LogP contribution in [0.2, 0.25) is 5.02 Å².